The van der Waals surface area contributed by atoms with E-state index in [1.807, 2.05) is 61.5 Å². The molecule has 12 atom stereocenters. The summed E-state index contributed by atoms with van der Waals surface area (Å²) in [5, 5.41) is 35.8. The maximum absolute atomic E-state index is 14.0. The molecule has 1 saturated heterocycles. The zero-order chi connectivity index (χ0) is 78.8. The molecule has 7 N–H and O–H groups in total. The maximum atomic E-state index is 14.0. The van der Waals surface area contributed by atoms with Crippen molar-refractivity contribution in [3.63, 3.8) is 0 Å². The van der Waals surface area contributed by atoms with Gasteiger partial charge in [0.15, 0.2) is 23.5 Å². The quantitative estimate of drug-likeness (QED) is 0.0281. The summed E-state index contributed by atoms with van der Waals surface area (Å²) in [6, 6.07) is 12.7. The lowest BCUT2D eigenvalue weighted by Crippen LogP contribution is -2.63. The van der Waals surface area contributed by atoms with Gasteiger partial charge in [0.2, 0.25) is 29.5 Å². The molecule has 5 aliphatic rings. The number of hydrogen-bond donors (Lipinski definition) is 7. The number of amides is 5. The summed E-state index contributed by atoms with van der Waals surface area (Å²) in [4.78, 5) is 90.6. The molecule has 7 rings (SSSR count). The minimum absolute atomic E-state index is 0.00744. The second-order valence-electron chi connectivity index (χ2n) is 28.3. The van der Waals surface area contributed by atoms with Crippen LogP contribution < -0.4 is 26.6 Å². The molecular weight excluding hydrogens is 1500 g/mol. The Morgan fingerprint density at radius 1 is 0.591 bits per heavy atom. The van der Waals surface area contributed by atoms with E-state index >= 15 is 0 Å². The van der Waals surface area contributed by atoms with Crippen LogP contribution >= 0.6 is 15.9 Å². The Hall–Kier alpha value is -5.63. The van der Waals surface area contributed by atoms with Crippen molar-refractivity contribution in [1.29, 1.82) is 0 Å². The van der Waals surface area contributed by atoms with Gasteiger partial charge in [0, 0.05) is 42.4 Å². The first-order chi connectivity index (χ1) is 53.4. The van der Waals surface area contributed by atoms with Crippen LogP contribution in [0.25, 0.3) is 0 Å². The van der Waals surface area contributed by atoms with Crippen LogP contribution in [0, 0.1) is 28.6 Å². The molecule has 31 heteroatoms. The van der Waals surface area contributed by atoms with Gasteiger partial charge in [0.05, 0.1) is 189 Å². The van der Waals surface area contributed by atoms with Crippen LogP contribution in [0.2, 0.25) is 0 Å². The zero-order valence-corrected chi connectivity index (χ0v) is 66.4. The molecule has 3 saturated carbocycles. The molecule has 30 nitrogen and oxygen atoms in total. The van der Waals surface area contributed by atoms with Gasteiger partial charge in [0.25, 0.3) is 0 Å². The monoisotopic (exact) mass is 1620 g/mol. The van der Waals surface area contributed by atoms with Crippen LogP contribution in [0.4, 0.5) is 0 Å². The molecule has 5 amide bonds. The Morgan fingerprint density at radius 2 is 1.07 bits per heavy atom. The summed E-state index contributed by atoms with van der Waals surface area (Å²) in [5.74, 6) is -2.87. The topological polar surface area (TPSA) is 368 Å². The number of allylic oxidation sites excluding steroid dienone is 4. The van der Waals surface area contributed by atoms with E-state index in [-0.39, 0.29) is 67.6 Å². The van der Waals surface area contributed by atoms with Crippen molar-refractivity contribution in [3.05, 3.63) is 94.6 Å². The van der Waals surface area contributed by atoms with Crippen LogP contribution in [-0.4, -0.2) is 285 Å². The van der Waals surface area contributed by atoms with Crippen LogP contribution in [0.15, 0.2) is 72.3 Å². The van der Waals surface area contributed by atoms with Crippen LogP contribution in [0.5, 0.6) is 0 Å². The fourth-order valence-electron chi connectivity index (χ4n) is 15.0. The summed E-state index contributed by atoms with van der Waals surface area (Å²) in [7, 11) is 1.64. The number of hydrogen-bond acceptors (Lipinski definition) is 25. The third-order valence-corrected chi connectivity index (χ3v) is 21.1. The number of Topliss-reactive ketones (excluding diaryl/α,β-unsaturated/α-hetero) is 1. The predicted octanol–water partition coefficient (Wildman–Crippen LogP) is 3.88. The molecule has 2 aromatic carbocycles. The number of rotatable bonds is 60. The zero-order valence-electron chi connectivity index (χ0n) is 64.8. The number of ether oxygens (including phenoxy) is 16. The highest BCUT2D eigenvalue weighted by Gasteiger charge is 2.76. The van der Waals surface area contributed by atoms with E-state index in [2.05, 4.69) is 49.4 Å². The maximum Gasteiger partial charge on any atom is 0.244 e. The van der Waals surface area contributed by atoms with Crippen molar-refractivity contribution in [1.82, 2.24) is 26.6 Å². The molecule has 0 spiro atoms. The summed E-state index contributed by atoms with van der Waals surface area (Å²) in [5.41, 5.74) is 2.02. The van der Waals surface area contributed by atoms with E-state index in [0.717, 1.165) is 40.7 Å². The van der Waals surface area contributed by atoms with Gasteiger partial charge in [-0.15, -0.1) is 0 Å². The Labute approximate surface area is 655 Å². The Kier molecular flexibility index (Phi) is 42.1. The van der Waals surface area contributed by atoms with Crippen LogP contribution in [0.1, 0.15) is 108 Å². The van der Waals surface area contributed by atoms with Crippen molar-refractivity contribution in [2.24, 2.45) is 28.6 Å². The van der Waals surface area contributed by atoms with E-state index < -0.39 is 89.1 Å². The molecule has 0 aromatic heterocycles. The normalized spacial score (nSPS) is 23.3. The number of unbranched alkanes of at least 4 members (excludes halogenated alkanes) is 1. The van der Waals surface area contributed by atoms with E-state index in [9.17, 15) is 43.8 Å². The van der Waals surface area contributed by atoms with E-state index in [1.54, 1.807) is 19.3 Å². The third kappa shape index (κ3) is 29.3. The Morgan fingerprint density at radius 3 is 1.58 bits per heavy atom. The number of aliphatic hydroxyl groups is 2. The summed E-state index contributed by atoms with van der Waals surface area (Å²) in [6.45, 7) is 18.0. The molecule has 0 unspecified atom stereocenters. The second-order valence-corrected chi connectivity index (χ2v) is 28.8. The van der Waals surface area contributed by atoms with Crippen LogP contribution in [0.3, 0.4) is 0 Å². The number of nitrogens with one attached hydrogen (secondary N) is 5. The first-order valence-electron chi connectivity index (χ1n) is 38.6. The molecule has 1 heterocycles. The molecule has 110 heavy (non-hydrogen) atoms. The number of carbonyl (C=O) groups is 7. The Bertz CT molecular complexity index is 3140. The van der Waals surface area contributed by atoms with Crippen molar-refractivity contribution < 1.29 is 120 Å². The minimum atomic E-state index is -1.44. The molecular formula is C79H120BrN5O25. The molecule has 1 aliphatic heterocycles. The second kappa shape index (κ2) is 50.6. The first kappa shape index (κ1) is 91.6. The van der Waals surface area contributed by atoms with Crippen molar-refractivity contribution in [2.75, 3.05) is 197 Å². The van der Waals surface area contributed by atoms with E-state index in [0.29, 0.717) is 197 Å². The largest absolute Gasteiger partial charge is 0.393 e. The number of benzene rings is 2. The highest BCUT2D eigenvalue weighted by molar-refractivity contribution is 9.09. The summed E-state index contributed by atoms with van der Waals surface area (Å²) >= 11 is 3.11. The molecule has 0 bridgehead atoms. The van der Waals surface area contributed by atoms with Gasteiger partial charge < -0.3 is 113 Å². The van der Waals surface area contributed by atoms with Gasteiger partial charge in [-0.25, -0.2) is 0 Å². The molecule has 0 radical (unpaired) electrons. The molecule has 2 aromatic rings. The molecule has 4 aliphatic carbocycles. The van der Waals surface area contributed by atoms with E-state index in [1.165, 1.54) is 13.8 Å². The average Bonchev–Trinajstić information content (AvgIpc) is 1.62. The lowest BCUT2D eigenvalue weighted by Gasteiger charge is -2.59. The van der Waals surface area contributed by atoms with Gasteiger partial charge >= 0.3 is 0 Å². The van der Waals surface area contributed by atoms with Gasteiger partial charge in [-0.2, -0.15) is 0 Å². The van der Waals surface area contributed by atoms with Crippen LogP contribution in [-0.2, 0) is 122 Å². The Balaban J connectivity index is 0.637. The molecule has 4 fully saturated rings. The van der Waals surface area contributed by atoms with Crippen molar-refractivity contribution in [3.8, 4) is 0 Å². The fraction of sp³-hybridized carbons (Fsp3) is 0.709. The smallest absolute Gasteiger partial charge is 0.244 e. The average molecular weight is 1620 g/mol. The summed E-state index contributed by atoms with van der Waals surface area (Å²) in [6.07, 6.45) is 7.42. The van der Waals surface area contributed by atoms with Gasteiger partial charge in [0.1, 0.15) is 31.5 Å². The number of ketones is 2. The SMILES string of the molecule is COCCOCCOCCOCCOCCOCCOCCOCCOCCOCCOCCOCCOCCC(=O)NCCCC[C@H](NC(=O)CBr)C(=O)N[C@@H](C)C(=O)N[C@@H](C)C(=O)NCOCc1ccc(Cc2ccc([C@@H]3O[C@@H]4C[C@H]5[C@@H]6CCC7=CC(=O)C=C[C@]7(C)[C@H]6[C@@H](O)C[C@]5(C)[C@]4(C(=O)CO)O3)cc2)cc1. The minimum Gasteiger partial charge on any atom is -0.393 e. The van der Waals surface area contributed by atoms with Gasteiger partial charge in [-0.3, -0.25) is 33.6 Å². The lowest BCUT2D eigenvalue weighted by atomic mass is 9.46. The summed E-state index contributed by atoms with van der Waals surface area (Å²) < 4.78 is 90.0. The van der Waals surface area contributed by atoms with Crippen molar-refractivity contribution in [2.45, 2.75) is 134 Å². The first-order valence-corrected chi connectivity index (χ1v) is 39.8. The van der Waals surface area contributed by atoms with Gasteiger partial charge in [-0.05, 0) is 106 Å². The highest BCUT2D eigenvalue weighted by atomic mass is 79.9. The number of alkyl halides is 1. The predicted molar refractivity (Wildman–Crippen MR) is 405 cm³/mol. The number of aliphatic hydroxyl groups excluding tert-OH is 2. The fourth-order valence-corrected chi connectivity index (χ4v) is 15.1. The molecule has 618 valence electrons. The standard InChI is InChI=1S/C79H120BrN5O25/c1-56(73(92)82-55-108-54-60-11-9-58(10-12-60)48-59-13-15-61(16-14-59)76-109-69-50-65-64-18-17-62-49-63(87)19-21-77(62,3)72(64)67(88)51-78(65,4)79(69,110-76)68(89)53-86)83-74(93)57(2)84-75(94)66(85-71(91)52-80)8-6-7-22-81-70(90)20-23-96-26-27-98-30-31-100-34-35-102-38-39-104-42-43-106-46-47-107-45-44-105-41-40-103-37-36-101-33-32-99-29-28-97-25-24-95-5/h9-16,19,21,49,56-57,64-67,69,72,76,86,88H,6-8,17-18,20,22-48,50-55H2,1-5H3,(H,81,90)(H,82,92)(H,83,93)(H,84,94)(H,85,91)/t56-,57-,64-,65-,66-,67-,69+,72+,76+,77-,78-,79+/m0/s1. The number of fused-ring (bicyclic) bond motifs is 7. The lowest BCUT2D eigenvalue weighted by molar-refractivity contribution is -0.201. The third-order valence-electron chi connectivity index (χ3n) is 20.6. The van der Waals surface area contributed by atoms with Gasteiger partial charge in [-0.1, -0.05) is 90.0 Å². The number of methoxy groups -OCH3 is 1. The highest BCUT2D eigenvalue weighted by Crippen LogP contribution is 2.70. The number of carbonyl (C=O) groups excluding carboxylic acids is 7. The number of halogens is 1. The van der Waals surface area contributed by atoms with Crippen molar-refractivity contribution >= 4 is 57.0 Å². The van der Waals surface area contributed by atoms with E-state index in [4.69, 9.17) is 75.8 Å².